The second-order valence-corrected chi connectivity index (χ2v) is 2.99. The van der Waals surface area contributed by atoms with E-state index in [9.17, 15) is 4.79 Å². The van der Waals surface area contributed by atoms with Gasteiger partial charge in [0.05, 0.1) is 0 Å². The van der Waals surface area contributed by atoms with E-state index in [1.165, 1.54) is 0 Å². The molecule has 0 aliphatic heterocycles. The zero-order chi connectivity index (χ0) is 10.1. The van der Waals surface area contributed by atoms with Crippen LogP contribution in [0, 0.1) is 0 Å². The highest BCUT2D eigenvalue weighted by molar-refractivity contribution is 7.07. The Bertz CT molecular complexity index is 224. The van der Waals surface area contributed by atoms with Crippen LogP contribution in [0.3, 0.4) is 0 Å². The van der Waals surface area contributed by atoms with Gasteiger partial charge in [0.1, 0.15) is 0 Å². The summed E-state index contributed by atoms with van der Waals surface area (Å²) in [5, 5.41) is 20.3. The summed E-state index contributed by atoms with van der Waals surface area (Å²) in [6.07, 6.45) is 0.148. The first-order chi connectivity index (χ1) is 6.18. The fraction of sp³-hybridized carbons (Fsp3) is 0.222. The summed E-state index contributed by atoms with van der Waals surface area (Å²) in [6.45, 7) is 3.04. The maximum atomic E-state index is 9.88. The van der Waals surface area contributed by atoms with Gasteiger partial charge in [-0.25, -0.2) is 4.79 Å². The van der Waals surface area contributed by atoms with Crippen molar-refractivity contribution in [2.75, 3.05) is 6.61 Å². The van der Waals surface area contributed by atoms with E-state index < -0.39 is 5.97 Å². The van der Waals surface area contributed by atoms with Crippen molar-refractivity contribution in [2.24, 2.45) is 0 Å². The van der Waals surface area contributed by atoms with Crippen LogP contribution >= 0.6 is 11.3 Å². The first-order valence-corrected chi connectivity index (χ1v) is 4.62. The molecule has 0 saturated carbocycles. The molecule has 4 heteroatoms. The minimum Gasteiger partial charge on any atom is -0.478 e. The first-order valence-electron chi connectivity index (χ1n) is 3.67. The molecule has 1 rings (SSSR count). The van der Waals surface area contributed by atoms with Gasteiger partial charge in [-0.05, 0) is 10.8 Å². The van der Waals surface area contributed by atoms with Crippen molar-refractivity contribution >= 4 is 17.3 Å². The summed E-state index contributed by atoms with van der Waals surface area (Å²) >= 11 is 1.71. The fourth-order valence-corrected chi connectivity index (χ4v) is 0.922. The third-order valence-electron chi connectivity index (χ3n) is 1.14. The van der Waals surface area contributed by atoms with Gasteiger partial charge in [0.2, 0.25) is 0 Å². The largest absolute Gasteiger partial charge is 0.478 e. The summed E-state index contributed by atoms with van der Waals surface area (Å²) in [6, 6.07) is 4.04. The second kappa shape index (κ2) is 7.52. The highest BCUT2D eigenvalue weighted by atomic mass is 32.1. The summed E-state index contributed by atoms with van der Waals surface area (Å²) in [5.41, 5.74) is 0.0486. The molecule has 1 heterocycles. The van der Waals surface area contributed by atoms with E-state index in [0.29, 0.717) is 0 Å². The molecule has 0 aliphatic rings. The van der Waals surface area contributed by atoms with Gasteiger partial charge >= 0.3 is 5.97 Å². The number of rotatable bonds is 3. The predicted octanol–water partition coefficient (Wildman–Crippen LogP) is 1.76. The van der Waals surface area contributed by atoms with Crippen LogP contribution in [0.2, 0.25) is 0 Å². The van der Waals surface area contributed by atoms with Gasteiger partial charge in [-0.2, -0.15) is 11.3 Å². The maximum absolute atomic E-state index is 9.88. The third kappa shape index (κ3) is 7.24. The number of carboxylic acid groups (broad SMARTS) is 1. The molecule has 3 nitrogen and oxygen atoms in total. The number of hydrogen-bond acceptors (Lipinski definition) is 3. The van der Waals surface area contributed by atoms with Crippen molar-refractivity contribution < 1.29 is 15.0 Å². The number of aliphatic hydroxyl groups is 1. The van der Waals surface area contributed by atoms with Crippen molar-refractivity contribution in [2.45, 2.75) is 6.42 Å². The fourth-order valence-electron chi connectivity index (χ4n) is 0.469. The molecule has 1 aromatic heterocycles. The monoisotopic (exact) mass is 200 g/mol. The van der Waals surface area contributed by atoms with Crippen molar-refractivity contribution in [3.8, 4) is 0 Å². The molecule has 0 spiro atoms. The molecule has 0 unspecified atom stereocenters. The average molecular weight is 200 g/mol. The first kappa shape index (κ1) is 11.9. The molecule has 13 heavy (non-hydrogen) atoms. The number of carbonyl (C=O) groups is 1. The molecule has 0 aliphatic carbocycles. The number of carboxylic acids is 1. The Balaban J connectivity index is 0.000000243. The molecule has 72 valence electrons. The Hall–Kier alpha value is -1.13. The van der Waals surface area contributed by atoms with Crippen molar-refractivity contribution in [1.82, 2.24) is 0 Å². The van der Waals surface area contributed by atoms with Crippen LogP contribution in [0.1, 0.15) is 6.42 Å². The van der Waals surface area contributed by atoms with E-state index >= 15 is 0 Å². The summed E-state index contributed by atoms with van der Waals surface area (Å²) in [4.78, 5) is 9.88. The Morgan fingerprint density at radius 1 is 1.38 bits per heavy atom. The predicted molar refractivity (Wildman–Crippen MR) is 52.8 cm³/mol. The lowest BCUT2D eigenvalue weighted by Gasteiger charge is -1.91. The maximum Gasteiger partial charge on any atom is 0.331 e. The van der Waals surface area contributed by atoms with Gasteiger partial charge in [-0.15, -0.1) is 0 Å². The molecular weight excluding hydrogens is 188 g/mol. The standard InChI is InChI=1S/C5H8O3.C4H4S/c1-4(2-3-6)5(7)8;1-2-4-5-3-1/h6H,1-3H2,(H,7,8);1-4H. The van der Waals surface area contributed by atoms with Crippen molar-refractivity contribution in [3.63, 3.8) is 0 Å². The van der Waals surface area contributed by atoms with Crippen molar-refractivity contribution in [1.29, 1.82) is 0 Å². The van der Waals surface area contributed by atoms with E-state index in [4.69, 9.17) is 10.2 Å². The highest BCUT2D eigenvalue weighted by Gasteiger charge is 1.99. The van der Waals surface area contributed by atoms with Crippen LogP contribution in [0.4, 0.5) is 0 Å². The van der Waals surface area contributed by atoms with E-state index in [0.717, 1.165) is 0 Å². The zero-order valence-corrected chi connectivity index (χ0v) is 7.96. The zero-order valence-electron chi connectivity index (χ0n) is 7.14. The van der Waals surface area contributed by atoms with Gasteiger partial charge in [-0.3, -0.25) is 0 Å². The molecule has 0 amide bonds. The molecule has 0 fully saturated rings. The lowest BCUT2D eigenvalue weighted by molar-refractivity contribution is -0.132. The number of hydrogen-bond donors (Lipinski definition) is 2. The van der Waals surface area contributed by atoms with E-state index in [1.54, 1.807) is 11.3 Å². The Morgan fingerprint density at radius 3 is 2.08 bits per heavy atom. The quantitative estimate of drug-likeness (QED) is 0.731. The van der Waals surface area contributed by atoms with Crippen LogP contribution < -0.4 is 0 Å². The van der Waals surface area contributed by atoms with E-state index in [1.807, 2.05) is 22.9 Å². The van der Waals surface area contributed by atoms with Gasteiger partial charge < -0.3 is 10.2 Å². The Morgan fingerprint density at radius 2 is 1.92 bits per heavy atom. The van der Waals surface area contributed by atoms with Gasteiger partial charge in [0.25, 0.3) is 0 Å². The summed E-state index contributed by atoms with van der Waals surface area (Å²) in [5.74, 6) is -1.04. The van der Waals surface area contributed by atoms with Gasteiger partial charge in [0, 0.05) is 18.6 Å². The molecule has 2 N–H and O–H groups in total. The van der Waals surface area contributed by atoms with Gasteiger partial charge in [-0.1, -0.05) is 18.7 Å². The highest BCUT2D eigenvalue weighted by Crippen LogP contribution is 1.94. The average Bonchev–Trinajstić information content (AvgIpc) is 2.61. The van der Waals surface area contributed by atoms with Crippen LogP contribution in [0.15, 0.2) is 35.0 Å². The molecule has 0 atom stereocenters. The third-order valence-corrected chi connectivity index (χ3v) is 1.77. The lowest BCUT2D eigenvalue weighted by Crippen LogP contribution is -2.00. The Labute approximate surface area is 81.0 Å². The topological polar surface area (TPSA) is 57.5 Å². The smallest absolute Gasteiger partial charge is 0.331 e. The number of aliphatic carboxylic acids is 1. The second-order valence-electron chi connectivity index (χ2n) is 2.18. The Kier molecular flexibility index (Phi) is 6.86. The van der Waals surface area contributed by atoms with Crippen LogP contribution in [-0.2, 0) is 4.79 Å². The SMILES string of the molecule is C=C(CCO)C(=O)O.c1ccsc1. The van der Waals surface area contributed by atoms with E-state index in [2.05, 4.69) is 6.58 Å². The lowest BCUT2D eigenvalue weighted by atomic mass is 10.2. The molecule has 0 radical (unpaired) electrons. The molecular formula is C9H12O3S. The summed E-state index contributed by atoms with van der Waals surface area (Å²) < 4.78 is 0. The van der Waals surface area contributed by atoms with Gasteiger partial charge in [0.15, 0.2) is 0 Å². The minimum atomic E-state index is -1.04. The molecule has 0 bridgehead atoms. The molecule has 0 aromatic carbocycles. The van der Waals surface area contributed by atoms with Crippen LogP contribution in [0.25, 0.3) is 0 Å². The number of thiophene rings is 1. The molecule has 0 saturated heterocycles. The normalized spacial score (nSPS) is 8.38. The van der Waals surface area contributed by atoms with Crippen LogP contribution in [0.5, 0.6) is 0 Å². The van der Waals surface area contributed by atoms with Crippen LogP contribution in [-0.4, -0.2) is 22.8 Å². The van der Waals surface area contributed by atoms with Crippen molar-refractivity contribution in [3.05, 3.63) is 35.0 Å². The summed E-state index contributed by atoms with van der Waals surface area (Å²) in [7, 11) is 0. The molecule has 1 aromatic rings. The number of aliphatic hydroxyl groups excluding tert-OH is 1. The minimum absolute atomic E-state index is 0.0486. The van der Waals surface area contributed by atoms with E-state index in [-0.39, 0.29) is 18.6 Å².